The van der Waals surface area contributed by atoms with Crippen LogP contribution in [-0.4, -0.2) is 26.3 Å². The van der Waals surface area contributed by atoms with Crippen LogP contribution in [0.15, 0.2) is 76.2 Å². The summed E-state index contributed by atoms with van der Waals surface area (Å²) in [7, 11) is 1.61. The fourth-order valence-electron chi connectivity index (χ4n) is 3.59. The summed E-state index contributed by atoms with van der Waals surface area (Å²) in [6, 6.07) is 16.6. The molecular formula is C24H19ClN4O3. The van der Waals surface area contributed by atoms with Gasteiger partial charge in [-0.1, -0.05) is 23.7 Å². The fourth-order valence-corrected chi connectivity index (χ4v) is 3.72. The van der Waals surface area contributed by atoms with Crippen molar-refractivity contribution < 1.29 is 9.15 Å². The Kier molecular flexibility index (Phi) is 5.03. The van der Waals surface area contributed by atoms with E-state index in [0.717, 1.165) is 11.1 Å². The number of methoxy groups -OCH3 is 1. The van der Waals surface area contributed by atoms with Crippen molar-refractivity contribution in [1.82, 2.24) is 19.2 Å². The number of fused-ring (bicyclic) bond motifs is 1. The second-order valence-electron chi connectivity index (χ2n) is 7.32. The third kappa shape index (κ3) is 3.56. The maximum Gasteiger partial charge on any atom is 0.276 e. The van der Waals surface area contributed by atoms with Gasteiger partial charge in [-0.2, -0.15) is 5.10 Å². The van der Waals surface area contributed by atoms with Crippen LogP contribution in [0.1, 0.15) is 11.5 Å². The molecule has 0 saturated carbocycles. The number of nitrogens with zero attached hydrogens (tertiary/aromatic N) is 4. The van der Waals surface area contributed by atoms with Crippen molar-refractivity contribution in [1.29, 1.82) is 0 Å². The third-order valence-corrected chi connectivity index (χ3v) is 5.54. The largest absolute Gasteiger partial charge is 0.496 e. The molecule has 0 spiro atoms. The second-order valence-corrected chi connectivity index (χ2v) is 7.76. The SMILES string of the molecule is COc1ccccc1-c1cc2c(=O)n(Cc3nc(-c4ccc(Cl)cc4)oc3C)ccn2n1. The molecule has 5 aromatic rings. The van der Waals surface area contributed by atoms with E-state index >= 15 is 0 Å². The van der Waals surface area contributed by atoms with E-state index in [9.17, 15) is 4.79 Å². The molecule has 7 nitrogen and oxygen atoms in total. The van der Waals surface area contributed by atoms with Gasteiger partial charge in [0, 0.05) is 28.5 Å². The van der Waals surface area contributed by atoms with E-state index in [0.29, 0.717) is 39.3 Å². The summed E-state index contributed by atoms with van der Waals surface area (Å²) in [6.07, 6.45) is 3.45. The Morgan fingerprint density at radius 2 is 1.88 bits per heavy atom. The number of halogens is 1. The van der Waals surface area contributed by atoms with E-state index < -0.39 is 0 Å². The van der Waals surface area contributed by atoms with Gasteiger partial charge in [-0.15, -0.1) is 0 Å². The van der Waals surface area contributed by atoms with E-state index in [4.69, 9.17) is 20.8 Å². The zero-order chi connectivity index (χ0) is 22.2. The van der Waals surface area contributed by atoms with E-state index in [1.165, 1.54) is 0 Å². The molecule has 160 valence electrons. The smallest absolute Gasteiger partial charge is 0.276 e. The van der Waals surface area contributed by atoms with Crippen LogP contribution in [0.2, 0.25) is 5.02 Å². The molecule has 0 amide bonds. The molecule has 8 heteroatoms. The third-order valence-electron chi connectivity index (χ3n) is 5.29. The number of para-hydroxylation sites is 1. The van der Waals surface area contributed by atoms with Crippen LogP contribution in [0.3, 0.4) is 0 Å². The van der Waals surface area contributed by atoms with Gasteiger partial charge in [0.05, 0.1) is 19.3 Å². The highest BCUT2D eigenvalue weighted by Crippen LogP contribution is 2.29. The topological polar surface area (TPSA) is 74.6 Å². The standard InChI is InChI=1S/C24H19ClN4O3/c1-15-20(26-23(32-15)16-7-9-17(25)10-8-16)14-28-11-12-29-21(24(28)30)13-19(27-29)18-5-3-4-6-22(18)31-2/h3-13H,14H2,1-2H3. The predicted octanol–water partition coefficient (Wildman–Crippen LogP) is 4.84. The highest BCUT2D eigenvalue weighted by atomic mass is 35.5. The number of rotatable bonds is 5. The second kappa shape index (κ2) is 8.01. The van der Waals surface area contributed by atoms with E-state index in [-0.39, 0.29) is 12.1 Å². The Bertz CT molecular complexity index is 1480. The highest BCUT2D eigenvalue weighted by molar-refractivity contribution is 6.30. The van der Waals surface area contributed by atoms with Gasteiger partial charge in [0.15, 0.2) is 0 Å². The Hall–Kier alpha value is -3.84. The van der Waals surface area contributed by atoms with Crippen molar-refractivity contribution in [2.45, 2.75) is 13.5 Å². The van der Waals surface area contributed by atoms with Crippen LogP contribution in [0.5, 0.6) is 5.75 Å². The Labute approximate surface area is 188 Å². The Morgan fingerprint density at radius 1 is 1.09 bits per heavy atom. The van der Waals surface area contributed by atoms with Gasteiger partial charge in [-0.3, -0.25) is 4.79 Å². The highest BCUT2D eigenvalue weighted by Gasteiger charge is 2.15. The molecule has 0 radical (unpaired) electrons. The molecule has 5 rings (SSSR count). The molecule has 32 heavy (non-hydrogen) atoms. The van der Waals surface area contributed by atoms with Gasteiger partial charge in [0.1, 0.15) is 22.7 Å². The molecule has 0 saturated heterocycles. The quantitative estimate of drug-likeness (QED) is 0.386. The summed E-state index contributed by atoms with van der Waals surface area (Å²) in [5.74, 6) is 1.85. The summed E-state index contributed by atoms with van der Waals surface area (Å²) in [5, 5.41) is 5.19. The molecule has 0 aliphatic heterocycles. The first-order chi connectivity index (χ1) is 15.5. The first kappa shape index (κ1) is 20.1. The van der Waals surface area contributed by atoms with Crippen LogP contribution in [0.4, 0.5) is 0 Å². The van der Waals surface area contributed by atoms with Crippen LogP contribution >= 0.6 is 11.6 Å². The molecule has 3 aromatic heterocycles. The lowest BCUT2D eigenvalue weighted by Gasteiger charge is -2.04. The van der Waals surface area contributed by atoms with E-state index in [1.54, 1.807) is 46.8 Å². The predicted molar refractivity (Wildman–Crippen MR) is 122 cm³/mol. The number of aryl methyl sites for hydroxylation is 1. The normalized spacial score (nSPS) is 11.2. The Balaban J connectivity index is 1.50. The number of hydrogen-bond donors (Lipinski definition) is 0. The minimum absolute atomic E-state index is 0.170. The van der Waals surface area contributed by atoms with Crippen LogP contribution in [0, 0.1) is 6.92 Å². The van der Waals surface area contributed by atoms with Gasteiger partial charge < -0.3 is 13.7 Å². The summed E-state index contributed by atoms with van der Waals surface area (Å²) >= 11 is 5.96. The van der Waals surface area contributed by atoms with Crippen molar-refractivity contribution in [2.24, 2.45) is 0 Å². The molecule has 0 aliphatic rings. The Morgan fingerprint density at radius 3 is 2.66 bits per heavy atom. The maximum atomic E-state index is 13.2. The average Bonchev–Trinajstić information content (AvgIpc) is 3.40. The molecule has 0 bridgehead atoms. The number of aromatic nitrogens is 4. The summed E-state index contributed by atoms with van der Waals surface area (Å²) in [4.78, 5) is 17.7. The molecule has 2 aromatic carbocycles. The van der Waals surface area contributed by atoms with Crippen molar-refractivity contribution in [3.8, 4) is 28.5 Å². The molecule has 0 N–H and O–H groups in total. The van der Waals surface area contributed by atoms with E-state index in [1.807, 2.05) is 43.3 Å². The van der Waals surface area contributed by atoms with Crippen molar-refractivity contribution in [3.05, 3.63) is 93.8 Å². The zero-order valence-electron chi connectivity index (χ0n) is 17.4. The molecular weight excluding hydrogens is 428 g/mol. The molecule has 3 heterocycles. The van der Waals surface area contributed by atoms with Crippen LogP contribution in [0.25, 0.3) is 28.2 Å². The summed E-state index contributed by atoms with van der Waals surface area (Å²) in [6.45, 7) is 2.12. The number of benzene rings is 2. The van der Waals surface area contributed by atoms with Gasteiger partial charge in [0.2, 0.25) is 5.89 Å². The van der Waals surface area contributed by atoms with Crippen molar-refractivity contribution >= 4 is 17.1 Å². The fraction of sp³-hybridized carbons (Fsp3) is 0.125. The van der Waals surface area contributed by atoms with E-state index in [2.05, 4.69) is 10.1 Å². The lowest BCUT2D eigenvalue weighted by molar-refractivity contribution is 0.416. The van der Waals surface area contributed by atoms with Gasteiger partial charge in [-0.25, -0.2) is 9.50 Å². The molecule has 0 atom stereocenters. The first-order valence-corrected chi connectivity index (χ1v) is 10.4. The maximum absolute atomic E-state index is 13.2. The lowest BCUT2D eigenvalue weighted by atomic mass is 10.1. The first-order valence-electron chi connectivity index (χ1n) is 9.98. The summed E-state index contributed by atoms with van der Waals surface area (Å²) < 4.78 is 14.4. The monoisotopic (exact) mass is 446 g/mol. The minimum Gasteiger partial charge on any atom is -0.496 e. The summed E-state index contributed by atoms with van der Waals surface area (Å²) in [5.41, 5.74) is 3.29. The molecule has 0 fully saturated rings. The molecule has 0 unspecified atom stereocenters. The lowest BCUT2D eigenvalue weighted by Crippen LogP contribution is -2.22. The van der Waals surface area contributed by atoms with Gasteiger partial charge in [-0.05, 0) is 49.4 Å². The van der Waals surface area contributed by atoms with Crippen LogP contribution < -0.4 is 10.3 Å². The van der Waals surface area contributed by atoms with Gasteiger partial charge in [0.25, 0.3) is 5.56 Å². The zero-order valence-corrected chi connectivity index (χ0v) is 18.2. The van der Waals surface area contributed by atoms with Crippen LogP contribution in [-0.2, 0) is 6.54 Å². The number of oxazole rings is 1. The average molecular weight is 447 g/mol. The van der Waals surface area contributed by atoms with Crippen molar-refractivity contribution in [3.63, 3.8) is 0 Å². The number of ether oxygens (including phenoxy) is 1. The van der Waals surface area contributed by atoms with Gasteiger partial charge >= 0.3 is 0 Å². The van der Waals surface area contributed by atoms with Crippen molar-refractivity contribution in [2.75, 3.05) is 7.11 Å². The molecule has 0 aliphatic carbocycles. The number of hydrogen-bond acceptors (Lipinski definition) is 5. The minimum atomic E-state index is -0.170.